The van der Waals surface area contributed by atoms with Crippen LogP contribution in [0.2, 0.25) is 0 Å². The van der Waals surface area contributed by atoms with Gasteiger partial charge in [-0.1, -0.05) is 18.2 Å². The van der Waals surface area contributed by atoms with Gasteiger partial charge in [-0.25, -0.2) is 0 Å². The van der Waals surface area contributed by atoms with Crippen molar-refractivity contribution in [2.45, 2.75) is 6.92 Å². The third-order valence-corrected chi connectivity index (χ3v) is 2.26. The van der Waals surface area contributed by atoms with Crippen LogP contribution in [0.15, 0.2) is 18.2 Å². The normalized spacial score (nSPS) is 13.4. The van der Waals surface area contributed by atoms with E-state index in [0.29, 0.717) is 0 Å². The molecule has 0 amide bonds. The second kappa shape index (κ2) is 3.11. The Kier molecular flexibility index (Phi) is 1.94. The van der Waals surface area contributed by atoms with Crippen LogP contribution in [0.1, 0.15) is 11.1 Å². The van der Waals surface area contributed by atoms with Gasteiger partial charge in [0.15, 0.2) is 0 Å². The maximum atomic E-state index is 8.96. The zero-order valence-corrected chi connectivity index (χ0v) is 7.46. The van der Waals surface area contributed by atoms with Crippen LogP contribution in [0, 0.1) is 6.92 Å². The summed E-state index contributed by atoms with van der Waals surface area (Å²) in [6, 6.07) is 4.00. The smallest absolute Gasteiger partial charge is 0.0724 e. The quantitative estimate of drug-likeness (QED) is 0.575. The van der Waals surface area contributed by atoms with Gasteiger partial charge in [0.2, 0.25) is 0 Å². The summed E-state index contributed by atoms with van der Waals surface area (Å²) in [6.45, 7) is 2.81. The molecular formula is C10H12N2O. The van der Waals surface area contributed by atoms with Crippen molar-refractivity contribution in [3.63, 3.8) is 0 Å². The molecular weight excluding hydrogens is 164 g/mol. The first kappa shape index (κ1) is 8.13. The number of nitrogens with one attached hydrogen (secondary N) is 2. The summed E-state index contributed by atoms with van der Waals surface area (Å²) < 4.78 is 0. The Morgan fingerprint density at radius 3 is 3.08 bits per heavy atom. The van der Waals surface area contributed by atoms with Gasteiger partial charge < -0.3 is 5.32 Å². The maximum absolute atomic E-state index is 8.96. The predicted molar refractivity (Wildman–Crippen MR) is 54.1 cm³/mol. The van der Waals surface area contributed by atoms with Gasteiger partial charge in [-0.3, -0.25) is 10.7 Å². The van der Waals surface area contributed by atoms with Crippen LogP contribution in [0.5, 0.6) is 0 Å². The summed E-state index contributed by atoms with van der Waals surface area (Å²) in [4.78, 5) is 0. The molecule has 68 valence electrons. The molecule has 0 fully saturated rings. The van der Waals surface area contributed by atoms with Crippen molar-refractivity contribution in [3.8, 4) is 0 Å². The van der Waals surface area contributed by atoms with E-state index < -0.39 is 0 Å². The Balaban J connectivity index is 2.61. The molecule has 0 saturated heterocycles. The summed E-state index contributed by atoms with van der Waals surface area (Å²) in [5.41, 5.74) is 6.13. The summed E-state index contributed by atoms with van der Waals surface area (Å²) in [5, 5.41) is 12.2. The van der Waals surface area contributed by atoms with Crippen LogP contribution in [-0.4, -0.2) is 11.8 Å². The zero-order chi connectivity index (χ0) is 9.26. The third kappa shape index (κ3) is 1.27. The van der Waals surface area contributed by atoms with Gasteiger partial charge in [-0.15, -0.1) is 0 Å². The third-order valence-electron chi connectivity index (χ3n) is 2.26. The van der Waals surface area contributed by atoms with Crippen LogP contribution >= 0.6 is 0 Å². The Morgan fingerprint density at radius 2 is 2.31 bits per heavy atom. The van der Waals surface area contributed by atoms with E-state index in [4.69, 9.17) is 5.21 Å². The minimum Gasteiger partial charge on any atom is -0.381 e. The highest BCUT2D eigenvalue weighted by atomic mass is 16.5. The highest BCUT2D eigenvalue weighted by Gasteiger charge is 2.09. The molecule has 1 aromatic rings. The first-order valence-electron chi connectivity index (χ1n) is 4.27. The molecule has 0 unspecified atom stereocenters. The SMILES string of the molecule is Cc1ccc2c(c1NO)C=CCN2. The molecule has 3 nitrogen and oxygen atoms in total. The number of anilines is 2. The predicted octanol–water partition coefficient (Wildman–Crippen LogP) is 2.23. The summed E-state index contributed by atoms with van der Waals surface area (Å²) in [5.74, 6) is 0. The average molecular weight is 176 g/mol. The summed E-state index contributed by atoms with van der Waals surface area (Å²) in [6.07, 6.45) is 4.04. The topological polar surface area (TPSA) is 44.3 Å². The van der Waals surface area contributed by atoms with Crippen LogP contribution in [0.3, 0.4) is 0 Å². The standard InChI is InChI=1S/C10H12N2O/c1-7-4-5-9-8(10(7)12-13)3-2-6-11-9/h2-5,11-13H,6H2,1H3. The number of fused-ring (bicyclic) bond motifs is 1. The lowest BCUT2D eigenvalue weighted by molar-refractivity contribution is 0.388. The van der Waals surface area contributed by atoms with Gasteiger partial charge in [-0.05, 0) is 18.6 Å². The summed E-state index contributed by atoms with van der Waals surface area (Å²) in [7, 11) is 0. The van der Waals surface area contributed by atoms with Crippen LogP contribution < -0.4 is 10.8 Å². The van der Waals surface area contributed by atoms with Gasteiger partial charge in [0.25, 0.3) is 0 Å². The Bertz CT molecular complexity index is 358. The molecule has 0 atom stereocenters. The molecule has 0 spiro atoms. The molecule has 13 heavy (non-hydrogen) atoms. The van der Waals surface area contributed by atoms with Crippen molar-refractivity contribution in [3.05, 3.63) is 29.3 Å². The van der Waals surface area contributed by atoms with Gasteiger partial charge in [0.1, 0.15) is 0 Å². The molecule has 0 bridgehead atoms. The molecule has 2 rings (SSSR count). The van der Waals surface area contributed by atoms with Gasteiger partial charge in [-0.2, -0.15) is 0 Å². The van der Waals surface area contributed by atoms with Crippen LogP contribution in [-0.2, 0) is 0 Å². The highest BCUT2D eigenvalue weighted by Crippen LogP contribution is 2.30. The van der Waals surface area contributed by atoms with E-state index >= 15 is 0 Å². The van der Waals surface area contributed by atoms with Crippen LogP contribution in [0.4, 0.5) is 11.4 Å². The van der Waals surface area contributed by atoms with Crippen molar-refractivity contribution in [1.82, 2.24) is 0 Å². The Morgan fingerprint density at radius 1 is 1.46 bits per heavy atom. The van der Waals surface area contributed by atoms with Gasteiger partial charge in [0.05, 0.1) is 5.69 Å². The molecule has 1 aliphatic rings. The van der Waals surface area contributed by atoms with Crippen molar-refractivity contribution >= 4 is 17.5 Å². The monoisotopic (exact) mass is 176 g/mol. The molecule has 0 radical (unpaired) electrons. The summed E-state index contributed by atoms with van der Waals surface area (Å²) >= 11 is 0. The average Bonchev–Trinajstić information content (AvgIpc) is 2.18. The van der Waals surface area contributed by atoms with Crippen molar-refractivity contribution in [2.24, 2.45) is 0 Å². The van der Waals surface area contributed by atoms with Crippen molar-refractivity contribution in [1.29, 1.82) is 0 Å². The maximum Gasteiger partial charge on any atom is 0.0724 e. The van der Waals surface area contributed by atoms with Gasteiger partial charge >= 0.3 is 0 Å². The van der Waals surface area contributed by atoms with Crippen molar-refractivity contribution < 1.29 is 5.21 Å². The first-order valence-corrected chi connectivity index (χ1v) is 4.27. The lowest BCUT2D eigenvalue weighted by atomic mass is 10.0. The fraction of sp³-hybridized carbons (Fsp3) is 0.200. The number of hydrogen-bond acceptors (Lipinski definition) is 3. The fourth-order valence-corrected chi connectivity index (χ4v) is 1.55. The highest BCUT2D eigenvalue weighted by molar-refractivity contribution is 5.81. The molecule has 0 aliphatic carbocycles. The fourth-order valence-electron chi connectivity index (χ4n) is 1.55. The largest absolute Gasteiger partial charge is 0.381 e. The van der Waals surface area contributed by atoms with E-state index in [2.05, 4.69) is 10.8 Å². The van der Waals surface area contributed by atoms with E-state index in [9.17, 15) is 0 Å². The number of hydrogen-bond donors (Lipinski definition) is 3. The molecule has 3 heteroatoms. The molecule has 3 N–H and O–H groups in total. The molecule has 0 aromatic heterocycles. The van der Waals surface area contributed by atoms with Crippen molar-refractivity contribution in [2.75, 3.05) is 17.3 Å². The Labute approximate surface area is 77.0 Å². The zero-order valence-electron chi connectivity index (χ0n) is 7.46. The van der Waals surface area contributed by atoms with E-state index in [1.54, 1.807) is 0 Å². The number of benzene rings is 1. The Hall–Kier alpha value is -1.48. The molecule has 0 saturated carbocycles. The number of aryl methyl sites for hydroxylation is 1. The van der Waals surface area contributed by atoms with E-state index in [-0.39, 0.29) is 0 Å². The van der Waals surface area contributed by atoms with Crippen LogP contribution in [0.25, 0.3) is 6.08 Å². The number of rotatable bonds is 1. The first-order chi connectivity index (χ1) is 6.33. The molecule has 1 heterocycles. The van der Waals surface area contributed by atoms with E-state index in [1.807, 2.05) is 31.2 Å². The molecule has 1 aromatic carbocycles. The molecule has 1 aliphatic heterocycles. The minimum absolute atomic E-state index is 0.779. The lowest BCUT2D eigenvalue weighted by Gasteiger charge is -2.17. The minimum atomic E-state index is 0.779. The second-order valence-electron chi connectivity index (χ2n) is 3.11. The van der Waals surface area contributed by atoms with Gasteiger partial charge in [0, 0.05) is 17.8 Å². The lowest BCUT2D eigenvalue weighted by Crippen LogP contribution is -2.07. The van der Waals surface area contributed by atoms with E-state index in [0.717, 1.165) is 29.0 Å². The second-order valence-corrected chi connectivity index (χ2v) is 3.11. The van der Waals surface area contributed by atoms with E-state index in [1.165, 1.54) is 0 Å².